The number of furan rings is 1. The maximum Gasteiger partial charge on any atom is 0.165 e. The molecule has 3 heteroatoms. The minimum atomic E-state index is 0.140. The summed E-state index contributed by atoms with van der Waals surface area (Å²) in [6, 6.07) is 14.3. The minimum Gasteiger partial charge on any atom is -0.454 e. The van der Waals surface area contributed by atoms with Crippen molar-refractivity contribution in [2.45, 2.75) is 29.4 Å². The standard InChI is InChI=1S/C13H15NOS/c1-10(14)9-11-7-8-13(15-11)16-12-5-3-2-4-6-12/h2-8,10H,9,14H2,1H3. The number of hydrogen-bond donors (Lipinski definition) is 1. The first kappa shape index (κ1) is 11.3. The smallest absolute Gasteiger partial charge is 0.165 e. The molecule has 1 aromatic carbocycles. The van der Waals surface area contributed by atoms with Crippen LogP contribution in [0.4, 0.5) is 0 Å². The Labute approximate surface area is 99.8 Å². The highest BCUT2D eigenvalue weighted by Gasteiger charge is 2.05. The van der Waals surface area contributed by atoms with Gasteiger partial charge in [0.05, 0.1) is 0 Å². The topological polar surface area (TPSA) is 39.2 Å². The van der Waals surface area contributed by atoms with Crippen LogP contribution in [-0.2, 0) is 6.42 Å². The highest BCUT2D eigenvalue weighted by atomic mass is 32.2. The molecule has 0 radical (unpaired) electrons. The first-order valence-corrected chi connectivity index (χ1v) is 6.13. The highest BCUT2D eigenvalue weighted by Crippen LogP contribution is 2.29. The lowest BCUT2D eigenvalue weighted by atomic mass is 10.2. The van der Waals surface area contributed by atoms with Crippen LogP contribution >= 0.6 is 11.8 Å². The predicted molar refractivity (Wildman–Crippen MR) is 66.6 cm³/mol. The van der Waals surface area contributed by atoms with Gasteiger partial charge in [-0.2, -0.15) is 0 Å². The van der Waals surface area contributed by atoms with E-state index in [2.05, 4.69) is 12.1 Å². The van der Waals surface area contributed by atoms with Gasteiger partial charge in [0, 0.05) is 17.4 Å². The number of benzene rings is 1. The fraction of sp³-hybridized carbons (Fsp3) is 0.231. The molecule has 2 rings (SSSR count). The zero-order chi connectivity index (χ0) is 11.4. The molecular weight excluding hydrogens is 218 g/mol. The van der Waals surface area contributed by atoms with Gasteiger partial charge in [0.2, 0.25) is 0 Å². The average Bonchev–Trinajstić information content (AvgIpc) is 2.66. The fourth-order valence-corrected chi connectivity index (χ4v) is 2.26. The Hall–Kier alpha value is -1.19. The van der Waals surface area contributed by atoms with Crippen LogP contribution in [0.3, 0.4) is 0 Å². The Morgan fingerprint density at radius 3 is 2.62 bits per heavy atom. The van der Waals surface area contributed by atoms with Gasteiger partial charge in [-0.05, 0) is 31.2 Å². The van der Waals surface area contributed by atoms with Gasteiger partial charge in [0.15, 0.2) is 5.09 Å². The van der Waals surface area contributed by atoms with Crippen LogP contribution in [0, 0.1) is 0 Å². The van der Waals surface area contributed by atoms with Gasteiger partial charge in [0.1, 0.15) is 5.76 Å². The zero-order valence-corrected chi connectivity index (χ0v) is 10.0. The monoisotopic (exact) mass is 233 g/mol. The van der Waals surface area contributed by atoms with Crippen LogP contribution in [0.15, 0.2) is 56.9 Å². The maximum atomic E-state index is 5.72. The lowest BCUT2D eigenvalue weighted by Gasteiger charge is -2.00. The third-order valence-corrected chi connectivity index (χ3v) is 3.05. The SMILES string of the molecule is CC(N)Cc1ccc(Sc2ccccc2)o1. The Bertz CT molecular complexity index is 436. The van der Waals surface area contributed by atoms with Gasteiger partial charge in [-0.15, -0.1) is 0 Å². The molecule has 16 heavy (non-hydrogen) atoms. The molecule has 0 amide bonds. The van der Waals surface area contributed by atoms with Crippen LogP contribution in [0.2, 0.25) is 0 Å². The molecule has 84 valence electrons. The molecule has 1 unspecified atom stereocenters. The van der Waals surface area contributed by atoms with Crippen LogP contribution in [-0.4, -0.2) is 6.04 Å². The van der Waals surface area contributed by atoms with Gasteiger partial charge in [-0.1, -0.05) is 30.0 Å². The largest absolute Gasteiger partial charge is 0.454 e. The van der Waals surface area contributed by atoms with E-state index < -0.39 is 0 Å². The summed E-state index contributed by atoms with van der Waals surface area (Å²) >= 11 is 1.63. The summed E-state index contributed by atoms with van der Waals surface area (Å²) in [5.41, 5.74) is 5.72. The lowest BCUT2D eigenvalue weighted by Crippen LogP contribution is -2.17. The Morgan fingerprint density at radius 1 is 1.19 bits per heavy atom. The van der Waals surface area contributed by atoms with Gasteiger partial charge in [0.25, 0.3) is 0 Å². The van der Waals surface area contributed by atoms with Crippen LogP contribution in [0.25, 0.3) is 0 Å². The van der Waals surface area contributed by atoms with Crippen molar-refractivity contribution in [1.29, 1.82) is 0 Å². The van der Waals surface area contributed by atoms with Crippen molar-refractivity contribution in [2.75, 3.05) is 0 Å². The summed E-state index contributed by atoms with van der Waals surface area (Å²) < 4.78 is 5.68. The molecule has 2 N–H and O–H groups in total. The molecule has 0 saturated carbocycles. The number of hydrogen-bond acceptors (Lipinski definition) is 3. The van der Waals surface area contributed by atoms with E-state index in [1.165, 1.54) is 4.90 Å². The molecule has 0 bridgehead atoms. The van der Waals surface area contributed by atoms with Crippen LogP contribution < -0.4 is 5.73 Å². The van der Waals surface area contributed by atoms with E-state index in [1.807, 2.05) is 37.3 Å². The van der Waals surface area contributed by atoms with E-state index in [1.54, 1.807) is 11.8 Å². The van der Waals surface area contributed by atoms with Gasteiger partial charge < -0.3 is 10.2 Å². The van der Waals surface area contributed by atoms with Crippen molar-refractivity contribution in [3.05, 3.63) is 48.2 Å². The molecule has 0 spiro atoms. The molecule has 0 aliphatic rings. The third kappa shape index (κ3) is 3.15. The van der Waals surface area contributed by atoms with E-state index in [-0.39, 0.29) is 6.04 Å². The Kier molecular flexibility index (Phi) is 3.70. The normalized spacial score (nSPS) is 12.6. The number of rotatable bonds is 4. The summed E-state index contributed by atoms with van der Waals surface area (Å²) in [6.07, 6.45) is 0.787. The van der Waals surface area contributed by atoms with Crippen molar-refractivity contribution in [3.63, 3.8) is 0 Å². The summed E-state index contributed by atoms with van der Waals surface area (Å²) in [7, 11) is 0. The van der Waals surface area contributed by atoms with Crippen LogP contribution in [0.1, 0.15) is 12.7 Å². The maximum absolute atomic E-state index is 5.72. The summed E-state index contributed by atoms with van der Waals surface area (Å²) in [4.78, 5) is 1.18. The summed E-state index contributed by atoms with van der Waals surface area (Å²) in [6.45, 7) is 1.98. The molecule has 0 saturated heterocycles. The molecule has 1 heterocycles. The Morgan fingerprint density at radius 2 is 1.94 bits per heavy atom. The lowest BCUT2D eigenvalue weighted by molar-refractivity contribution is 0.422. The predicted octanol–water partition coefficient (Wildman–Crippen LogP) is 3.32. The molecule has 0 fully saturated rings. The second-order valence-electron chi connectivity index (χ2n) is 3.82. The molecule has 0 aliphatic carbocycles. The van der Waals surface area contributed by atoms with E-state index >= 15 is 0 Å². The van der Waals surface area contributed by atoms with E-state index in [0.717, 1.165) is 17.3 Å². The first-order chi connectivity index (χ1) is 7.74. The quantitative estimate of drug-likeness (QED) is 0.880. The number of nitrogens with two attached hydrogens (primary N) is 1. The Balaban J connectivity index is 2.03. The minimum absolute atomic E-state index is 0.140. The van der Waals surface area contributed by atoms with Crippen LogP contribution in [0.5, 0.6) is 0 Å². The average molecular weight is 233 g/mol. The molecular formula is C13H15NOS. The molecule has 2 nitrogen and oxygen atoms in total. The summed E-state index contributed by atoms with van der Waals surface area (Å²) in [5.74, 6) is 0.952. The van der Waals surface area contributed by atoms with Crippen molar-refractivity contribution >= 4 is 11.8 Å². The van der Waals surface area contributed by atoms with Crippen molar-refractivity contribution < 1.29 is 4.42 Å². The second-order valence-corrected chi connectivity index (χ2v) is 4.90. The van der Waals surface area contributed by atoms with Gasteiger partial charge >= 0.3 is 0 Å². The highest BCUT2D eigenvalue weighted by molar-refractivity contribution is 7.99. The van der Waals surface area contributed by atoms with Crippen molar-refractivity contribution in [1.82, 2.24) is 0 Å². The van der Waals surface area contributed by atoms with Gasteiger partial charge in [-0.25, -0.2) is 0 Å². The molecule has 0 aliphatic heterocycles. The van der Waals surface area contributed by atoms with Crippen molar-refractivity contribution in [3.8, 4) is 0 Å². The van der Waals surface area contributed by atoms with Crippen molar-refractivity contribution in [2.24, 2.45) is 5.73 Å². The molecule has 1 aromatic heterocycles. The second kappa shape index (κ2) is 5.23. The summed E-state index contributed by atoms with van der Waals surface area (Å²) in [5, 5.41) is 0.918. The molecule has 2 aromatic rings. The van der Waals surface area contributed by atoms with E-state index in [4.69, 9.17) is 10.2 Å². The van der Waals surface area contributed by atoms with Gasteiger partial charge in [-0.3, -0.25) is 0 Å². The van der Waals surface area contributed by atoms with E-state index in [9.17, 15) is 0 Å². The molecule has 1 atom stereocenters. The fourth-order valence-electron chi connectivity index (χ4n) is 1.44. The first-order valence-electron chi connectivity index (χ1n) is 5.31. The zero-order valence-electron chi connectivity index (χ0n) is 9.22. The third-order valence-electron chi connectivity index (χ3n) is 2.12. The van der Waals surface area contributed by atoms with E-state index in [0.29, 0.717) is 0 Å².